The normalized spacial score (nSPS) is 33.9. The number of alkyl halides is 1. The lowest BCUT2D eigenvalue weighted by Gasteiger charge is -2.35. The highest BCUT2D eigenvalue weighted by Gasteiger charge is 2.45. The number of piperidine rings is 1. The first-order chi connectivity index (χ1) is 9.05. The Morgan fingerprint density at radius 2 is 1.95 bits per heavy atom. The van der Waals surface area contributed by atoms with E-state index in [1.54, 1.807) is 0 Å². The summed E-state index contributed by atoms with van der Waals surface area (Å²) in [5.41, 5.74) is 1.07. The third-order valence-corrected chi connectivity index (χ3v) is 4.56. The monoisotopic (exact) mass is 261 g/mol. The van der Waals surface area contributed by atoms with Gasteiger partial charge in [-0.05, 0) is 36.3 Å². The number of hydrogen-bond donors (Lipinski definition) is 1. The molecule has 1 aromatic rings. The predicted octanol–water partition coefficient (Wildman–Crippen LogP) is 3.96. The molecular formula is C17H24FN. The van der Waals surface area contributed by atoms with Gasteiger partial charge in [0.2, 0.25) is 0 Å². The van der Waals surface area contributed by atoms with Crippen LogP contribution in [0.15, 0.2) is 24.3 Å². The molecule has 0 radical (unpaired) electrons. The summed E-state index contributed by atoms with van der Waals surface area (Å²) >= 11 is 0. The molecule has 2 heteroatoms. The van der Waals surface area contributed by atoms with E-state index in [1.165, 1.54) is 5.56 Å². The van der Waals surface area contributed by atoms with Crippen LogP contribution in [0.1, 0.15) is 50.7 Å². The maximum Gasteiger partial charge on any atom is 0.139 e. The highest BCUT2D eigenvalue weighted by atomic mass is 19.1. The Morgan fingerprint density at radius 3 is 2.58 bits per heavy atom. The molecular weight excluding hydrogens is 237 g/mol. The standard InChI is InChI=1S/C17H24FN/c1-12(2)8-13-4-3-5-14(9-13)17(18)10-15-6-7-16(11-17)19-15/h3-5,9,12,15-16,19H,6-8,10-11H2,1-2H3. The van der Waals surface area contributed by atoms with E-state index in [0.29, 0.717) is 30.8 Å². The fourth-order valence-corrected chi connectivity index (χ4v) is 3.77. The van der Waals surface area contributed by atoms with Gasteiger partial charge in [0.1, 0.15) is 5.67 Å². The molecule has 104 valence electrons. The van der Waals surface area contributed by atoms with Crippen molar-refractivity contribution in [3.8, 4) is 0 Å². The molecule has 2 atom stereocenters. The number of benzene rings is 1. The van der Waals surface area contributed by atoms with Crippen LogP contribution in [0.25, 0.3) is 0 Å². The summed E-state index contributed by atoms with van der Waals surface area (Å²) in [6.07, 6.45) is 4.61. The van der Waals surface area contributed by atoms with E-state index in [4.69, 9.17) is 0 Å². The Bertz CT molecular complexity index is 442. The van der Waals surface area contributed by atoms with Crippen LogP contribution >= 0.6 is 0 Å². The van der Waals surface area contributed by atoms with Crippen molar-refractivity contribution in [1.29, 1.82) is 0 Å². The summed E-state index contributed by atoms with van der Waals surface area (Å²) < 4.78 is 15.3. The van der Waals surface area contributed by atoms with Crippen LogP contribution in [-0.2, 0) is 12.1 Å². The number of fused-ring (bicyclic) bond motifs is 2. The van der Waals surface area contributed by atoms with Crippen molar-refractivity contribution >= 4 is 0 Å². The highest BCUT2D eigenvalue weighted by molar-refractivity contribution is 5.30. The maximum atomic E-state index is 15.3. The van der Waals surface area contributed by atoms with Gasteiger partial charge in [0, 0.05) is 24.9 Å². The van der Waals surface area contributed by atoms with Crippen LogP contribution in [0, 0.1) is 5.92 Å². The van der Waals surface area contributed by atoms with Crippen LogP contribution in [0.2, 0.25) is 0 Å². The molecule has 2 bridgehead atoms. The smallest absolute Gasteiger partial charge is 0.139 e. The SMILES string of the molecule is CC(C)Cc1cccc(C2(F)CC3CCC(C2)N3)c1. The van der Waals surface area contributed by atoms with Crippen molar-refractivity contribution in [1.82, 2.24) is 5.32 Å². The van der Waals surface area contributed by atoms with Crippen molar-refractivity contribution < 1.29 is 4.39 Å². The Labute approximate surface area is 115 Å². The van der Waals surface area contributed by atoms with Gasteiger partial charge >= 0.3 is 0 Å². The van der Waals surface area contributed by atoms with Crippen molar-refractivity contribution in [3.63, 3.8) is 0 Å². The Morgan fingerprint density at radius 1 is 1.26 bits per heavy atom. The molecule has 2 saturated heterocycles. The lowest BCUT2D eigenvalue weighted by molar-refractivity contribution is 0.0873. The van der Waals surface area contributed by atoms with Crippen molar-refractivity contribution in [2.45, 2.75) is 63.7 Å². The average molecular weight is 261 g/mol. The molecule has 1 N–H and O–H groups in total. The van der Waals surface area contributed by atoms with Gasteiger partial charge in [-0.3, -0.25) is 0 Å². The number of nitrogens with one attached hydrogen (secondary N) is 1. The molecule has 0 saturated carbocycles. The first kappa shape index (κ1) is 13.1. The zero-order valence-electron chi connectivity index (χ0n) is 12.0. The van der Waals surface area contributed by atoms with Gasteiger partial charge in [-0.25, -0.2) is 4.39 Å². The molecule has 2 aliphatic heterocycles. The van der Waals surface area contributed by atoms with E-state index in [2.05, 4.69) is 31.3 Å². The van der Waals surface area contributed by atoms with E-state index in [0.717, 1.165) is 24.8 Å². The molecule has 2 aliphatic rings. The van der Waals surface area contributed by atoms with Crippen LogP contribution in [0.4, 0.5) is 4.39 Å². The van der Waals surface area contributed by atoms with Gasteiger partial charge in [-0.1, -0.05) is 38.1 Å². The van der Waals surface area contributed by atoms with Crippen LogP contribution in [0.3, 0.4) is 0 Å². The number of halogens is 1. The maximum absolute atomic E-state index is 15.3. The van der Waals surface area contributed by atoms with Crippen molar-refractivity contribution in [3.05, 3.63) is 35.4 Å². The fourth-order valence-electron chi connectivity index (χ4n) is 3.77. The summed E-state index contributed by atoms with van der Waals surface area (Å²) in [5.74, 6) is 0.620. The third-order valence-electron chi connectivity index (χ3n) is 4.56. The predicted molar refractivity (Wildman–Crippen MR) is 76.9 cm³/mol. The second-order valence-corrected chi connectivity index (χ2v) is 6.81. The first-order valence-corrected chi connectivity index (χ1v) is 7.59. The van der Waals surface area contributed by atoms with Crippen molar-refractivity contribution in [2.24, 2.45) is 5.92 Å². The van der Waals surface area contributed by atoms with Gasteiger partial charge in [0.05, 0.1) is 0 Å². The minimum atomic E-state index is -1.11. The Hall–Kier alpha value is -0.890. The lowest BCUT2D eigenvalue weighted by Crippen LogP contribution is -2.44. The molecule has 2 heterocycles. The second kappa shape index (κ2) is 4.90. The molecule has 0 aromatic heterocycles. The zero-order chi connectivity index (χ0) is 13.5. The van der Waals surface area contributed by atoms with Gasteiger partial charge in [0.15, 0.2) is 0 Å². The molecule has 0 aliphatic carbocycles. The number of hydrogen-bond acceptors (Lipinski definition) is 1. The summed E-state index contributed by atoms with van der Waals surface area (Å²) in [4.78, 5) is 0. The first-order valence-electron chi connectivity index (χ1n) is 7.59. The summed E-state index contributed by atoms with van der Waals surface area (Å²) in [7, 11) is 0. The molecule has 2 unspecified atom stereocenters. The molecule has 19 heavy (non-hydrogen) atoms. The molecule has 2 fully saturated rings. The number of rotatable bonds is 3. The highest BCUT2D eigenvalue weighted by Crippen LogP contribution is 2.43. The van der Waals surface area contributed by atoms with E-state index in [9.17, 15) is 0 Å². The van der Waals surface area contributed by atoms with E-state index >= 15 is 4.39 Å². The molecule has 1 aromatic carbocycles. The van der Waals surface area contributed by atoms with Crippen LogP contribution < -0.4 is 5.32 Å². The van der Waals surface area contributed by atoms with E-state index in [-0.39, 0.29) is 0 Å². The van der Waals surface area contributed by atoms with E-state index in [1.807, 2.05) is 12.1 Å². The molecule has 3 rings (SSSR count). The van der Waals surface area contributed by atoms with Gasteiger partial charge < -0.3 is 5.32 Å². The largest absolute Gasteiger partial charge is 0.311 e. The van der Waals surface area contributed by atoms with Crippen molar-refractivity contribution in [2.75, 3.05) is 0 Å². The molecule has 0 amide bonds. The Balaban J connectivity index is 1.84. The zero-order valence-corrected chi connectivity index (χ0v) is 12.0. The quantitative estimate of drug-likeness (QED) is 0.868. The minimum Gasteiger partial charge on any atom is -0.311 e. The van der Waals surface area contributed by atoms with Gasteiger partial charge in [-0.2, -0.15) is 0 Å². The summed E-state index contributed by atoms with van der Waals surface area (Å²) in [5, 5.41) is 3.52. The lowest BCUT2D eigenvalue weighted by atomic mass is 9.82. The van der Waals surface area contributed by atoms with Crippen LogP contribution in [-0.4, -0.2) is 12.1 Å². The molecule has 1 nitrogen and oxygen atoms in total. The third kappa shape index (κ3) is 2.69. The second-order valence-electron chi connectivity index (χ2n) is 6.81. The molecule has 0 spiro atoms. The van der Waals surface area contributed by atoms with Gasteiger partial charge in [0.25, 0.3) is 0 Å². The summed E-state index contributed by atoms with van der Waals surface area (Å²) in [6.45, 7) is 4.42. The van der Waals surface area contributed by atoms with Crippen LogP contribution in [0.5, 0.6) is 0 Å². The van der Waals surface area contributed by atoms with Gasteiger partial charge in [-0.15, -0.1) is 0 Å². The fraction of sp³-hybridized carbons (Fsp3) is 0.647. The average Bonchev–Trinajstić information content (AvgIpc) is 2.69. The minimum absolute atomic E-state index is 0.387. The van der Waals surface area contributed by atoms with E-state index < -0.39 is 5.67 Å². The summed E-state index contributed by atoms with van der Waals surface area (Å²) in [6, 6.07) is 9.01. The topological polar surface area (TPSA) is 12.0 Å². The Kier molecular flexibility index (Phi) is 3.38.